The predicted molar refractivity (Wildman–Crippen MR) is 136 cm³/mol. The van der Waals surface area contributed by atoms with Gasteiger partial charge in [-0.1, -0.05) is 49.2 Å². The smallest absolute Gasteiger partial charge is 0.178 e. The Morgan fingerprint density at radius 2 is 2.00 bits per heavy atom. The molecule has 4 aliphatic carbocycles. The number of halogens is 1. The third kappa shape index (κ3) is 3.31. The minimum absolute atomic E-state index is 0.0206. The van der Waals surface area contributed by atoms with Gasteiger partial charge in [-0.3, -0.25) is 9.63 Å². The van der Waals surface area contributed by atoms with Crippen molar-refractivity contribution in [3.63, 3.8) is 0 Å². The number of benzene rings is 1. The summed E-state index contributed by atoms with van der Waals surface area (Å²) in [4.78, 5) is 18.8. The van der Waals surface area contributed by atoms with Gasteiger partial charge in [0.1, 0.15) is 11.7 Å². The topological polar surface area (TPSA) is 90.2 Å². The van der Waals surface area contributed by atoms with Gasteiger partial charge in [0.2, 0.25) is 0 Å². The number of hydrogen-bond donors (Lipinski definition) is 3. The zero-order valence-electron chi connectivity index (χ0n) is 20.9. The molecule has 1 aliphatic heterocycles. The monoisotopic (exact) mass is 513 g/mol. The van der Waals surface area contributed by atoms with Gasteiger partial charge in [0, 0.05) is 40.8 Å². The number of hydrogen-bond acceptors (Lipinski definition) is 6. The molecule has 1 saturated heterocycles. The Morgan fingerprint density at radius 1 is 1.25 bits per heavy atom. The Hall–Kier alpha value is -1.54. The Bertz CT molecular complexity index is 1120. The lowest BCUT2D eigenvalue weighted by Gasteiger charge is -2.60. The molecule has 7 heteroatoms. The van der Waals surface area contributed by atoms with E-state index in [1.54, 1.807) is 12.2 Å². The van der Waals surface area contributed by atoms with E-state index < -0.39 is 23.2 Å². The van der Waals surface area contributed by atoms with E-state index in [4.69, 9.17) is 16.4 Å². The Kier molecular flexibility index (Phi) is 5.84. The molecule has 1 heterocycles. The molecule has 6 rings (SSSR count). The van der Waals surface area contributed by atoms with Crippen LogP contribution in [0.2, 0.25) is 5.02 Å². The zero-order valence-corrected chi connectivity index (χ0v) is 21.7. The van der Waals surface area contributed by atoms with Crippen LogP contribution in [0.4, 0.5) is 0 Å². The van der Waals surface area contributed by atoms with Crippen LogP contribution in [0.25, 0.3) is 0 Å². The molecule has 6 nitrogen and oxygen atoms in total. The maximum absolute atomic E-state index is 12.1. The largest absolute Gasteiger partial charge is 0.394 e. The van der Waals surface area contributed by atoms with Crippen molar-refractivity contribution in [2.75, 3.05) is 13.2 Å². The van der Waals surface area contributed by atoms with E-state index >= 15 is 0 Å². The van der Waals surface area contributed by atoms with Gasteiger partial charge < -0.3 is 15.3 Å². The number of allylic oxidation sites excluding steroid dienone is 4. The van der Waals surface area contributed by atoms with Crippen LogP contribution in [0.5, 0.6) is 0 Å². The minimum atomic E-state index is -1.04. The van der Waals surface area contributed by atoms with Crippen molar-refractivity contribution in [2.24, 2.45) is 34.5 Å². The van der Waals surface area contributed by atoms with E-state index in [1.165, 1.54) is 0 Å². The number of fused-ring (bicyclic) bond motifs is 7. The van der Waals surface area contributed by atoms with Crippen LogP contribution in [0, 0.1) is 34.5 Å². The second-order valence-corrected chi connectivity index (χ2v) is 12.6. The highest BCUT2D eigenvalue weighted by molar-refractivity contribution is 6.30. The van der Waals surface area contributed by atoms with Gasteiger partial charge in [0.25, 0.3) is 0 Å². The maximum Gasteiger partial charge on any atom is 0.178 e. The van der Waals surface area contributed by atoms with Crippen molar-refractivity contribution >= 4 is 17.4 Å². The SMILES string of the molecule is C[C@]12C=CC(=O)C=C1CC[C@@H]1[C@@H]2[C@@H](O)C[C@@]2(C)[C@H]1C[C@H]1CN(Cc3ccc(Cl)cc3)O[C@]12[C@@H](O)CO. The van der Waals surface area contributed by atoms with E-state index in [2.05, 4.69) is 13.8 Å². The number of rotatable bonds is 4. The number of aliphatic hydroxyl groups excluding tert-OH is 3. The molecule has 0 aromatic heterocycles. The number of aliphatic hydroxyl groups is 3. The van der Waals surface area contributed by atoms with E-state index in [0.29, 0.717) is 24.5 Å². The number of hydroxylamine groups is 2. The van der Waals surface area contributed by atoms with Crippen LogP contribution < -0.4 is 0 Å². The fourth-order valence-electron chi connectivity index (χ4n) is 9.13. The van der Waals surface area contributed by atoms with Crippen LogP contribution in [-0.4, -0.2) is 57.1 Å². The summed E-state index contributed by atoms with van der Waals surface area (Å²) in [7, 11) is 0. The van der Waals surface area contributed by atoms with Crippen LogP contribution in [0.1, 0.15) is 45.1 Å². The number of carbonyl (C=O) groups excluding carboxylic acids is 1. The van der Waals surface area contributed by atoms with Crippen LogP contribution in [0.3, 0.4) is 0 Å². The van der Waals surface area contributed by atoms with E-state index in [1.807, 2.05) is 35.4 Å². The highest BCUT2D eigenvalue weighted by Crippen LogP contribution is 2.71. The molecule has 3 N–H and O–H groups in total. The first-order valence-electron chi connectivity index (χ1n) is 13.2. The summed E-state index contributed by atoms with van der Waals surface area (Å²) in [5.41, 5.74) is 0.407. The maximum atomic E-state index is 12.1. The van der Waals surface area contributed by atoms with E-state index in [0.717, 1.165) is 30.4 Å². The molecule has 4 fully saturated rings. The molecule has 9 atom stereocenters. The summed E-state index contributed by atoms with van der Waals surface area (Å²) >= 11 is 6.06. The minimum Gasteiger partial charge on any atom is -0.394 e. The van der Waals surface area contributed by atoms with Crippen molar-refractivity contribution < 1.29 is 25.0 Å². The second-order valence-electron chi connectivity index (χ2n) is 12.2. The first-order chi connectivity index (χ1) is 17.1. The van der Waals surface area contributed by atoms with E-state index in [-0.39, 0.29) is 41.5 Å². The normalized spacial score (nSPS) is 44.4. The van der Waals surface area contributed by atoms with Gasteiger partial charge in [-0.2, -0.15) is 5.06 Å². The molecule has 1 aromatic rings. The summed E-state index contributed by atoms with van der Waals surface area (Å²) in [5, 5.41) is 35.9. The van der Waals surface area contributed by atoms with Crippen LogP contribution in [-0.2, 0) is 16.2 Å². The number of carbonyl (C=O) groups is 1. The van der Waals surface area contributed by atoms with Gasteiger partial charge >= 0.3 is 0 Å². The first kappa shape index (κ1) is 24.8. The second kappa shape index (κ2) is 8.48. The molecule has 36 heavy (non-hydrogen) atoms. The standard InChI is InChI=1S/C29H36ClNO5/c1-27-10-9-21(33)11-18(27)5-8-22-23-12-19-15-31(14-17-3-6-20(30)7-4-17)36-29(19,25(35)16-32)28(23,2)13-24(34)26(22)27/h3-4,6-7,9-11,19,22-26,32,34-35H,5,8,12-16H2,1-2H3/t19-,22-,23-,24-,25-,26+,27-,28-,29-/m0/s1. The molecule has 0 amide bonds. The molecule has 1 aromatic carbocycles. The van der Waals surface area contributed by atoms with Crippen molar-refractivity contribution in [1.29, 1.82) is 0 Å². The van der Waals surface area contributed by atoms with Gasteiger partial charge in [-0.05, 0) is 67.4 Å². The van der Waals surface area contributed by atoms with Gasteiger partial charge in [0.15, 0.2) is 5.78 Å². The van der Waals surface area contributed by atoms with Gasteiger partial charge in [-0.25, -0.2) is 0 Å². The summed E-state index contributed by atoms with van der Waals surface area (Å²) in [5.74, 6) is 0.596. The van der Waals surface area contributed by atoms with Gasteiger partial charge in [0.05, 0.1) is 12.7 Å². The molecule has 0 radical (unpaired) electrons. The summed E-state index contributed by atoms with van der Waals surface area (Å²) < 4.78 is 0. The highest BCUT2D eigenvalue weighted by Gasteiger charge is 2.74. The third-order valence-corrected chi connectivity index (χ3v) is 10.8. The fourth-order valence-corrected chi connectivity index (χ4v) is 9.26. The third-order valence-electron chi connectivity index (χ3n) is 10.6. The molecule has 5 aliphatic rings. The summed E-state index contributed by atoms with van der Waals surface area (Å²) in [6.45, 7) is 5.18. The number of ketones is 1. The highest BCUT2D eigenvalue weighted by atomic mass is 35.5. The summed E-state index contributed by atoms with van der Waals surface area (Å²) in [6, 6.07) is 7.68. The molecular weight excluding hydrogens is 478 g/mol. The average Bonchev–Trinajstić information content (AvgIpc) is 3.32. The molecular formula is C29H36ClNO5. The van der Waals surface area contributed by atoms with Gasteiger partial charge in [-0.15, -0.1) is 0 Å². The molecule has 3 saturated carbocycles. The Balaban J connectivity index is 1.34. The molecule has 0 unspecified atom stereocenters. The first-order valence-corrected chi connectivity index (χ1v) is 13.6. The van der Waals surface area contributed by atoms with Crippen molar-refractivity contribution in [1.82, 2.24) is 5.06 Å². The Labute approximate surface area is 217 Å². The quantitative estimate of drug-likeness (QED) is 0.569. The predicted octanol–water partition coefficient (Wildman–Crippen LogP) is 3.68. The lowest BCUT2D eigenvalue weighted by Crippen LogP contribution is -2.64. The average molecular weight is 514 g/mol. The van der Waals surface area contributed by atoms with Crippen molar-refractivity contribution in [3.8, 4) is 0 Å². The van der Waals surface area contributed by atoms with Crippen LogP contribution in [0.15, 0.2) is 48.1 Å². The lowest BCUT2D eigenvalue weighted by atomic mass is 9.46. The molecule has 194 valence electrons. The molecule has 0 spiro atoms. The van der Waals surface area contributed by atoms with Crippen LogP contribution >= 0.6 is 11.6 Å². The van der Waals surface area contributed by atoms with E-state index in [9.17, 15) is 20.1 Å². The zero-order chi connectivity index (χ0) is 25.5. The number of nitrogens with zero attached hydrogens (tertiary/aromatic N) is 1. The Morgan fingerprint density at radius 3 is 2.72 bits per heavy atom. The van der Waals surface area contributed by atoms with Crippen molar-refractivity contribution in [3.05, 3.63) is 58.7 Å². The summed E-state index contributed by atoms with van der Waals surface area (Å²) in [6.07, 6.45) is 6.94. The lowest BCUT2D eigenvalue weighted by molar-refractivity contribution is -0.294. The van der Waals surface area contributed by atoms with Crippen molar-refractivity contribution in [2.45, 2.75) is 63.9 Å². The fraction of sp³-hybridized carbons (Fsp3) is 0.621. The molecule has 0 bridgehead atoms.